The van der Waals surface area contributed by atoms with Crippen LogP contribution in [0.4, 0.5) is 0 Å². The normalized spacial score (nSPS) is 10.8. The minimum Gasteiger partial charge on any atom is -0.493 e. The van der Waals surface area contributed by atoms with Crippen LogP contribution in [0.5, 0.6) is 11.5 Å². The highest BCUT2D eigenvalue weighted by atomic mass is 32.2. The maximum Gasteiger partial charge on any atom is 0.191 e. The molecule has 0 aliphatic rings. The van der Waals surface area contributed by atoms with E-state index >= 15 is 0 Å². The summed E-state index contributed by atoms with van der Waals surface area (Å²) in [6, 6.07) is 14.4. The Kier molecular flexibility index (Phi) is 5.83. The molecule has 3 aromatic rings. The molecule has 0 fully saturated rings. The molecule has 1 heterocycles. The molecule has 1 aromatic heterocycles. The zero-order valence-electron chi connectivity index (χ0n) is 15.5. The van der Waals surface area contributed by atoms with Crippen LogP contribution in [0.3, 0.4) is 0 Å². The quantitative estimate of drug-likeness (QED) is 0.581. The van der Waals surface area contributed by atoms with Crippen molar-refractivity contribution in [2.45, 2.75) is 31.4 Å². The second-order valence-electron chi connectivity index (χ2n) is 6.18. The number of hydrogen-bond acceptors (Lipinski definition) is 5. The molecule has 0 amide bonds. The van der Waals surface area contributed by atoms with Gasteiger partial charge in [0.2, 0.25) is 0 Å². The third kappa shape index (κ3) is 4.38. The van der Waals surface area contributed by atoms with Crippen molar-refractivity contribution in [2.24, 2.45) is 7.05 Å². The van der Waals surface area contributed by atoms with Gasteiger partial charge in [-0.2, -0.15) is 0 Å². The second-order valence-corrected chi connectivity index (χ2v) is 7.12. The molecular formula is C20H23N3O2S. The first-order valence-electron chi connectivity index (χ1n) is 8.41. The molecular weight excluding hydrogens is 346 g/mol. The Bertz CT molecular complexity index is 875. The van der Waals surface area contributed by atoms with Crippen LogP contribution in [0.1, 0.15) is 22.5 Å². The Hall–Kier alpha value is -2.47. The van der Waals surface area contributed by atoms with Crippen molar-refractivity contribution in [3.63, 3.8) is 0 Å². The maximum atomic E-state index is 5.88. The van der Waals surface area contributed by atoms with Crippen molar-refractivity contribution in [3.05, 3.63) is 65.0 Å². The van der Waals surface area contributed by atoms with E-state index < -0.39 is 0 Å². The van der Waals surface area contributed by atoms with Crippen LogP contribution in [0, 0.1) is 13.8 Å². The molecule has 26 heavy (non-hydrogen) atoms. The van der Waals surface area contributed by atoms with E-state index in [0.29, 0.717) is 12.4 Å². The first kappa shape index (κ1) is 18.3. The molecule has 2 aromatic carbocycles. The van der Waals surface area contributed by atoms with Crippen LogP contribution in [0.15, 0.2) is 47.6 Å². The first-order valence-corrected chi connectivity index (χ1v) is 9.39. The van der Waals surface area contributed by atoms with Crippen LogP contribution in [-0.4, -0.2) is 21.9 Å². The molecule has 0 atom stereocenters. The monoisotopic (exact) mass is 369 g/mol. The zero-order chi connectivity index (χ0) is 18.5. The Balaban J connectivity index is 1.63. The van der Waals surface area contributed by atoms with Crippen molar-refractivity contribution in [1.29, 1.82) is 0 Å². The van der Waals surface area contributed by atoms with E-state index in [1.54, 1.807) is 18.9 Å². The molecule has 0 saturated heterocycles. The number of aromatic nitrogens is 3. The smallest absolute Gasteiger partial charge is 0.191 e. The number of thioether (sulfide) groups is 1. The van der Waals surface area contributed by atoms with E-state index in [-0.39, 0.29) is 0 Å². The molecule has 0 aliphatic carbocycles. The summed E-state index contributed by atoms with van der Waals surface area (Å²) in [5.41, 5.74) is 3.66. The van der Waals surface area contributed by atoms with Gasteiger partial charge < -0.3 is 14.0 Å². The lowest BCUT2D eigenvalue weighted by Gasteiger charge is -2.11. The van der Waals surface area contributed by atoms with Crippen molar-refractivity contribution in [2.75, 3.05) is 7.11 Å². The van der Waals surface area contributed by atoms with Gasteiger partial charge in [-0.1, -0.05) is 47.7 Å². The maximum absolute atomic E-state index is 5.88. The van der Waals surface area contributed by atoms with Crippen molar-refractivity contribution in [1.82, 2.24) is 14.8 Å². The largest absolute Gasteiger partial charge is 0.493 e. The van der Waals surface area contributed by atoms with Crippen molar-refractivity contribution >= 4 is 11.8 Å². The summed E-state index contributed by atoms with van der Waals surface area (Å²) in [6.45, 7) is 4.45. The summed E-state index contributed by atoms with van der Waals surface area (Å²) < 4.78 is 13.2. The van der Waals surface area contributed by atoms with E-state index in [1.807, 2.05) is 36.7 Å². The van der Waals surface area contributed by atoms with E-state index in [0.717, 1.165) is 28.0 Å². The van der Waals surface area contributed by atoms with Crippen molar-refractivity contribution < 1.29 is 9.47 Å². The van der Waals surface area contributed by atoms with Gasteiger partial charge in [-0.3, -0.25) is 0 Å². The number of nitrogens with zero attached hydrogens (tertiary/aromatic N) is 3. The molecule has 136 valence electrons. The average molecular weight is 369 g/mol. The van der Waals surface area contributed by atoms with Crippen LogP contribution in [-0.2, 0) is 19.4 Å². The van der Waals surface area contributed by atoms with Gasteiger partial charge in [0.15, 0.2) is 22.5 Å². The lowest BCUT2D eigenvalue weighted by atomic mass is 10.2. The molecule has 0 aliphatic heterocycles. The summed E-state index contributed by atoms with van der Waals surface area (Å²) in [5, 5.41) is 9.41. The van der Waals surface area contributed by atoms with Gasteiger partial charge in [-0.15, -0.1) is 10.2 Å². The van der Waals surface area contributed by atoms with Crippen LogP contribution in [0.25, 0.3) is 0 Å². The minimum atomic E-state index is 0.341. The van der Waals surface area contributed by atoms with Gasteiger partial charge in [0.1, 0.15) is 6.61 Å². The van der Waals surface area contributed by atoms with Gasteiger partial charge in [0.05, 0.1) is 7.11 Å². The molecule has 6 heteroatoms. The van der Waals surface area contributed by atoms with Gasteiger partial charge >= 0.3 is 0 Å². The lowest BCUT2D eigenvalue weighted by Crippen LogP contribution is -2.05. The summed E-state index contributed by atoms with van der Waals surface area (Å²) >= 11 is 1.67. The molecule has 0 spiro atoms. The van der Waals surface area contributed by atoms with Crippen LogP contribution in [0.2, 0.25) is 0 Å². The Morgan fingerprint density at radius 1 is 0.962 bits per heavy atom. The Morgan fingerprint density at radius 2 is 1.69 bits per heavy atom. The minimum absolute atomic E-state index is 0.341. The summed E-state index contributed by atoms with van der Waals surface area (Å²) in [5.74, 6) is 3.06. The number of aryl methyl sites for hydroxylation is 2. The fraction of sp³-hybridized carbons (Fsp3) is 0.300. The molecule has 3 rings (SSSR count). The topological polar surface area (TPSA) is 49.2 Å². The Labute approximate surface area is 158 Å². The van der Waals surface area contributed by atoms with Gasteiger partial charge in [0, 0.05) is 12.8 Å². The van der Waals surface area contributed by atoms with E-state index in [4.69, 9.17) is 9.47 Å². The standard InChI is InChI=1S/C20H23N3O2S/c1-14-5-8-16(9-6-14)13-26-20-22-21-19(23(20)3)12-25-17-10-7-15(2)11-18(17)24-4/h5-11H,12-13H2,1-4H3. The van der Waals surface area contributed by atoms with Gasteiger partial charge in [-0.05, 0) is 37.1 Å². The predicted octanol–water partition coefficient (Wildman–Crippen LogP) is 4.31. The van der Waals surface area contributed by atoms with Crippen LogP contribution >= 0.6 is 11.8 Å². The first-order chi connectivity index (χ1) is 12.6. The molecule has 0 unspecified atom stereocenters. The SMILES string of the molecule is COc1cc(C)ccc1OCc1nnc(SCc2ccc(C)cc2)n1C. The van der Waals surface area contributed by atoms with Gasteiger partial charge in [0.25, 0.3) is 0 Å². The number of rotatable bonds is 7. The highest BCUT2D eigenvalue weighted by Gasteiger charge is 2.12. The second kappa shape index (κ2) is 8.27. The Morgan fingerprint density at radius 3 is 2.42 bits per heavy atom. The summed E-state index contributed by atoms with van der Waals surface area (Å²) in [6.07, 6.45) is 0. The number of benzene rings is 2. The molecule has 0 bridgehead atoms. The summed E-state index contributed by atoms with van der Waals surface area (Å²) in [7, 11) is 3.60. The molecule has 0 radical (unpaired) electrons. The predicted molar refractivity (Wildman–Crippen MR) is 104 cm³/mol. The third-order valence-corrected chi connectivity index (χ3v) is 5.18. The van der Waals surface area contributed by atoms with E-state index in [9.17, 15) is 0 Å². The third-order valence-electron chi connectivity index (χ3n) is 4.09. The highest BCUT2D eigenvalue weighted by Crippen LogP contribution is 2.28. The summed E-state index contributed by atoms with van der Waals surface area (Å²) in [4.78, 5) is 0. The van der Waals surface area contributed by atoms with Crippen molar-refractivity contribution in [3.8, 4) is 11.5 Å². The number of methoxy groups -OCH3 is 1. The van der Waals surface area contributed by atoms with E-state index in [1.165, 1.54) is 11.1 Å². The van der Waals surface area contributed by atoms with Gasteiger partial charge in [-0.25, -0.2) is 0 Å². The lowest BCUT2D eigenvalue weighted by molar-refractivity contribution is 0.272. The average Bonchev–Trinajstić information content (AvgIpc) is 3.00. The van der Waals surface area contributed by atoms with E-state index in [2.05, 4.69) is 41.4 Å². The highest BCUT2D eigenvalue weighted by molar-refractivity contribution is 7.98. The fourth-order valence-corrected chi connectivity index (χ4v) is 3.35. The molecule has 5 nitrogen and oxygen atoms in total. The fourth-order valence-electron chi connectivity index (χ4n) is 2.46. The molecule has 0 N–H and O–H groups in total. The number of ether oxygens (including phenoxy) is 2. The molecule has 0 saturated carbocycles. The zero-order valence-corrected chi connectivity index (χ0v) is 16.3. The van der Waals surface area contributed by atoms with Crippen LogP contribution < -0.4 is 9.47 Å². The number of hydrogen-bond donors (Lipinski definition) is 0.